The van der Waals surface area contributed by atoms with Gasteiger partial charge in [-0.2, -0.15) is 0 Å². The molecule has 0 fully saturated rings. The molecular formula is C60H48N2. The number of hydrogen-bond acceptors (Lipinski definition) is 2. The predicted octanol–water partition coefficient (Wildman–Crippen LogP) is 16.6. The number of rotatable bonds is 8. The fourth-order valence-corrected chi connectivity index (χ4v) is 10.1. The van der Waals surface area contributed by atoms with Gasteiger partial charge < -0.3 is 9.80 Å². The maximum Gasteiger partial charge on any atom is 0.0468 e. The monoisotopic (exact) mass is 796 g/mol. The zero-order chi connectivity index (χ0) is 42.0. The van der Waals surface area contributed by atoms with Gasteiger partial charge in [0.2, 0.25) is 0 Å². The maximum absolute atomic E-state index is 2.42. The molecule has 2 aliphatic rings. The summed E-state index contributed by atoms with van der Waals surface area (Å²) in [7, 11) is 0. The van der Waals surface area contributed by atoms with Crippen molar-refractivity contribution in [3.63, 3.8) is 0 Å². The first-order valence-electron chi connectivity index (χ1n) is 21.8. The van der Waals surface area contributed by atoms with Crippen molar-refractivity contribution in [1.29, 1.82) is 0 Å². The third-order valence-electron chi connectivity index (χ3n) is 13.4. The molecule has 9 aromatic rings. The van der Waals surface area contributed by atoms with Crippen molar-refractivity contribution in [2.45, 2.75) is 38.5 Å². The van der Waals surface area contributed by atoms with Crippen LogP contribution < -0.4 is 9.80 Å². The lowest BCUT2D eigenvalue weighted by Crippen LogP contribution is -2.16. The largest absolute Gasteiger partial charge is 0.310 e. The Labute approximate surface area is 365 Å². The summed E-state index contributed by atoms with van der Waals surface area (Å²) >= 11 is 0. The van der Waals surface area contributed by atoms with E-state index in [-0.39, 0.29) is 10.8 Å². The van der Waals surface area contributed by atoms with Crippen LogP contribution in [0.25, 0.3) is 45.2 Å². The Kier molecular flexibility index (Phi) is 8.87. The Morgan fingerprint density at radius 2 is 0.629 bits per heavy atom. The van der Waals surface area contributed by atoms with Crippen molar-refractivity contribution in [3.8, 4) is 22.3 Å². The average molecular weight is 797 g/mol. The molecule has 0 radical (unpaired) electrons. The molecule has 0 saturated carbocycles. The first kappa shape index (κ1) is 37.6. The minimum Gasteiger partial charge on any atom is -0.310 e. The quantitative estimate of drug-likeness (QED) is 0.141. The molecule has 2 heteroatoms. The van der Waals surface area contributed by atoms with Crippen molar-refractivity contribution in [2.24, 2.45) is 0 Å². The first-order chi connectivity index (χ1) is 30.2. The van der Waals surface area contributed by atoms with E-state index in [1.807, 2.05) is 0 Å². The van der Waals surface area contributed by atoms with Crippen LogP contribution in [0.5, 0.6) is 0 Å². The summed E-state index contributed by atoms with van der Waals surface area (Å²) in [5, 5.41) is 2.48. The molecule has 0 bridgehead atoms. The van der Waals surface area contributed by atoms with Crippen molar-refractivity contribution in [1.82, 2.24) is 0 Å². The first-order valence-corrected chi connectivity index (χ1v) is 21.8. The van der Waals surface area contributed by atoms with E-state index < -0.39 is 0 Å². The molecule has 2 nitrogen and oxygen atoms in total. The van der Waals surface area contributed by atoms with E-state index in [1.165, 1.54) is 72.1 Å². The van der Waals surface area contributed by atoms with Crippen LogP contribution in [0.1, 0.15) is 61.1 Å². The van der Waals surface area contributed by atoms with Crippen LogP contribution in [0.4, 0.5) is 34.1 Å². The molecule has 298 valence electrons. The molecule has 62 heavy (non-hydrogen) atoms. The van der Waals surface area contributed by atoms with Crippen LogP contribution in [0.3, 0.4) is 0 Å². The fraction of sp³-hybridized carbons (Fsp3) is 0.100. The number of para-hydroxylation sites is 3. The van der Waals surface area contributed by atoms with Gasteiger partial charge in [0, 0.05) is 45.0 Å². The highest BCUT2D eigenvalue weighted by molar-refractivity contribution is 5.92. The Bertz CT molecular complexity index is 3140. The lowest BCUT2D eigenvalue weighted by molar-refractivity contribution is 0.660. The third-order valence-corrected chi connectivity index (χ3v) is 13.4. The lowest BCUT2D eigenvalue weighted by atomic mass is 9.81. The Balaban J connectivity index is 0.889. The molecule has 0 amide bonds. The molecule has 11 rings (SSSR count). The Morgan fingerprint density at radius 3 is 1.08 bits per heavy atom. The van der Waals surface area contributed by atoms with Crippen LogP contribution >= 0.6 is 0 Å². The topological polar surface area (TPSA) is 6.48 Å². The normalized spacial score (nSPS) is 14.0. The number of nitrogens with zero attached hydrogens (tertiary/aromatic N) is 2. The van der Waals surface area contributed by atoms with E-state index in [4.69, 9.17) is 0 Å². The van der Waals surface area contributed by atoms with Gasteiger partial charge in [-0.3, -0.25) is 0 Å². The summed E-state index contributed by atoms with van der Waals surface area (Å²) in [6.45, 7) is 9.50. The van der Waals surface area contributed by atoms with Crippen molar-refractivity contribution < 1.29 is 0 Å². The number of benzene rings is 9. The van der Waals surface area contributed by atoms with Crippen LogP contribution in [0, 0.1) is 0 Å². The third kappa shape index (κ3) is 6.25. The molecule has 9 aromatic carbocycles. The smallest absolute Gasteiger partial charge is 0.0468 e. The van der Waals surface area contributed by atoms with Crippen LogP contribution in [0.15, 0.2) is 206 Å². The summed E-state index contributed by atoms with van der Waals surface area (Å²) in [4.78, 5) is 4.74. The summed E-state index contributed by atoms with van der Waals surface area (Å²) in [5.74, 6) is 0. The van der Waals surface area contributed by atoms with Crippen LogP contribution in [0.2, 0.25) is 0 Å². The second kappa shape index (κ2) is 14.6. The van der Waals surface area contributed by atoms with E-state index in [9.17, 15) is 0 Å². The van der Waals surface area contributed by atoms with E-state index in [0.29, 0.717) is 0 Å². The summed E-state index contributed by atoms with van der Waals surface area (Å²) in [5.41, 5.74) is 19.7. The second-order valence-corrected chi connectivity index (χ2v) is 17.9. The zero-order valence-corrected chi connectivity index (χ0v) is 35.7. The molecule has 0 unspecified atom stereocenters. The minimum absolute atomic E-state index is 0.157. The van der Waals surface area contributed by atoms with Gasteiger partial charge in [0.15, 0.2) is 0 Å². The molecule has 0 N–H and O–H groups in total. The van der Waals surface area contributed by atoms with Crippen molar-refractivity contribution in [2.75, 3.05) is 9.80 Å². The maximum atomic E-state index is 2.42. The summed E-state index contributed by atoms with van der Waals surface area (Å²) in [6.07, 6.45) is 4.57. The Hall–Kier alpha value is -7.42. The second-order valence-electron chi connectivity index (χ2n) is 17.9. The van der Waals surface area contributed by atoms with Gasteiger partial charge in [-0.1, -0.05) is 173 Å². The fourth-order valence-electron chi connectivity index (χ4n) is 10.1. The van der Waals surface area contributed by atoms with Gasteiger partial charge in [-0.25, -0.2) is 0 Å². The SMILES string of the molecule is CC1(C)c2cc(/C=C/c3ccc4c(c3)C(C)(C)c3cc(N(c5ccccc5)c5ccc6ccccc6c5)ccc3-4)ccc2-c2ccc(N(c3ccccc3)c3ccccc3)cc21. The standard InChI is InChI=1S/C60H48N2/c1-59(2)55-36-41(26-32-51(55)53-34-30-49(39-57(53)59)61(45-18-8-5-9-19-45)46-20-10-6-11-21-46)24-25-42-27-33-52-54-35-31-50(40-58(54)60(3,4)56(52)37-42)62(47-22-12-7-13-23-47)48-29-28-43-16-14-15-17-44(43)38-48/h5-40H,1-4H3/b25-24+. The van der Waals surface area contributed by atoms with Gasteiger partial charge in [0.05, 0.1) is 0 Å². The average Bonchev–Trinajstić information content (AvgIpc) is 3.67. The van der Waals surface area contributed by atoms with Gasteiger partial charge in [-0.05, 0) is 139 Å². The van der Waals surface area contributed by atoms with E-state index in [0.717, 1.165) is 28.4 Å². The van der Waals surface area contributed by atoms with Gasteiger partial charge in [-0.15, -0.1) is 0 Å². The molecule has 0 heterocycles. The van der Waals surface area contributed by atoms with Crippen LogP contribution in [-0.4, -0.2) is 0 Å². The van der Waals surface area contributed by atoms with E-state index >= 15 is 0 Å². The summed E-state index contributed by atoms with van der Waals surface area (Å²) in [6, 6.07) is 75.5. The Morgan fingerprint density at radius 1 is 0.290 bits per heavy atom. The predicted molar refractivity (Wildman–Crippen MR) is 264 cm³/mol. The highest BCUT2D eigenvalue weighted by Crippen LogP contribution is 2.53. The number of anilines is 6. The van der Waals surface area contributed by atoms with Crippen LogP contribution in [-0.2, 0) is 10.8 Å². The highest BCUT2D eigenvalue weighted by atomic mass is 15.1. The highest BCUT2D eigenvalue weighted by Gasteiger charge is 2.37. The zero-order valence-electron chi connectivity index (χ0n) is 35.7. The lowest BCUT2D eigenvalue weighted by Gasteiger charge is -2.28. The van der Waals surface area contributed by atoms with Gasteiger partial charge in [0.1, 0.15) is 0 Å². The van der Waals surface area contributed by atoms with Gasteiger partial charge >= 0.3 is 0 Å². The van der Waals surface area contributed by atoms with Crippen molar-refractivity contribution >= 4 is 57.0 Å². The molecule has 2 aliphatic carbocycles. The van der Waals surface area contributed by atoms with Gasteiger partial charge in [0.25, 0.3) is 0 Å². The van der Waals surface area contributed by atoms with Crippen molar-refractivity contribution in [3.05, 3.63) is 240 Å². The molecule has 0 saturated heterocycles. The molecule has 0 aromatic heterocycles. The molecular weight excluding hydrogens is 749 g/mol. The van der Waals surface area contributed by atoms with E-state index in [2.05, 4.69) is 256 Å². The number of fused-ring (bicyclic) bond motifs is 7. The number of hydrogen-bond donors (Lipinski definition) is 0. The van der Waals surface area contributed by atoms with E-state index in [1.54, 1.807) is 0 Å². The molecule has 0 aliphatic heterocycles. The minimum atomic E-state index is -0.172. The molecule has 0 spiro atoms. The molecule has 0 atom stereocenters. The summed E-state index contributed by atoms with van der Waals surface area (Å²) < 4.78 is 0.